The number of nitrogens with zero attached hydrogens (tertiary/aromatic N) is 1. The van der Waals surface area contributed by atoms with Crippen molar-refractivity contribution in [3.8, 4) is 5.75 Å². The number of nitrogens with one attached hydrogen (secondary N) is 1. The topological polar surface area (TPSA) is 24.5 Å². The van der Waals surface area contributed by atoms with Gasteiger partial charge in [0.25, 0.3) is 0 Å². The van der Waals surface area contributed by atoms with Crippen molar-refractivity contribution in [3.63, 3.8) is 0 Å². The smallest absolute Gasteiger partial charge is 0.119 e. The average molecular weight is 276 g/mol. The maximum atomic E-state index is 5.94. The first-order chi connectivity index (χ1) is 9.69. The third-order valence-corrected chi connectivity index (χ3v) is 3.90. The van der Waals surface area contributed by atoms with Gasteiger partial charge >= 0.3 is 0 Å². The maximum absolute atomic E-state index is 5.94. The second-order valence-electron chi connectivity index (χ2n) is 5.85. The standard InChI is InChI=1S/C17H28N2O/c1-4-7-19(16-5-6-18-13-16)8-9-20-17-11-14(2)10-15(3)12-17/h10-12,16,18H,4-9,13H2,1-3H3. The van der Waals surface area contributed by atoms with Crippen LogP contribution in [0, 0.1) is 13.8 Å². The molecule has 0 aromatic heterocycles. The van der Waals surface area contributed by atoms with Crippen LogP contribution in [-0.4, -0.2) is 43.7 Å². The summed E-state index contributed by atoms with van der Waals surface area (Å²) in [6.45, 7) is 11.7. The van der Waals surface area contributed by atoms with Crippen molar-refractivity contribution in [2.45, 2.75) is 39.7 Å². The Labute approximate surface area is 123 Å². The summed E-state index contributed by atoms with van der Waals surface area (Å²) in [5.74, 6) is 1.00. The molecule has 3 nitrogen and oxygen atoms in total. The van der Waals surface area contributed by atoms with Crippen LogP contribution in [-0.2, 0) is 0 Å². The van der Waals surface area contributed by atoms with Gasteiger partial charge in [-0.25, -0.2) is 0 Å². The lowest BCUT2D eigenvalue weighted by atomic mass is 10.1. The maximum Gasteiger partial charge on any atom is 0.119 e. The SMILES string of the molecule is CCCN(CCOc1cc(C)cc(C)c1)C1CCNC1. The lowest BCUT2D eigenvalue weighted by molar-refractivity contribution is 0.167. The van der Waals surface area contributed by atoms with E-state index in [1.165, 1.54) is 30.5 Å². The summed E-state index contributed by atoms with van der Waals surface area (Å²) >= 11 is 0. The van der Waals surface area contributed by atoms with Gasteiger partial charge in [0.1, 0.15) is 12.4 Å². The molecule has 1 aromatic carbocycles. The molecule has 1 aliphatic rings. The Kier molecular flexibility index (Phi) is 5.86. The first-order valence-corrected chi connectivity index (χ1v) is 7.85. The highest BCUT2D eigenvalue weighted by Gasteiger charge is 2.21. The summed E-state index contributed by atoms with van der Waals surface area (Å²) in [7, 11) is 0. The highest BCUT2D eigenvalue weighted by atomic mass is 16.5. The molecule has 1 heterocycles. The van der Waals surface area contributed by atoms with Gasteiger partial charge in [0.05, 0.1) is 0 Å². The Hall–Kier alpha value is -1.06. The second kappa shape index (κ2) is 7.65. The normalized spacial score (nSPS) is 18.7. The van der Waals surface area contributed by atoms with E-state index in [0.717, 1.165) is 32.0 Å². The number of ether oxygens (including phenoxy) is 1. The Morgan fingerprint density at radius 3 is 2.55 bits per heavy atom. The third-order valence-electron chi connectivity index (χ3n) is 3.90. The van der Waals surface area contributed by atoms with Crippen LogP contribution in [0.4, 0.5) is 0 Å². The third kappa shape index (κ3) is 4.50. The van der Waals surface area contributed by atoms with E-state index in [0.29, 0.717) is 6.04 Å². The van der Waals surface area contributed by atoms with Crippen LogP contribution in [0.5, 0.6) is 5.75 Å². The molecule has 1 aromatic rings. The lowest BCUT2D eigenvalue weighted by Gasteiger charge is -2.27. The monoisotopic (exact) mass is 276 g/mol. The first-order valence-electron chi connectivity index (χ1n) is 7.85. The van der Waals surface area contributed by atoms with Crippen molar-refractivity contribution in [1.29, 1.82) is 0 Å². The zero-order valence-electron chi connectivity index (χ0n) is 13.1. The molecule has 0 spiro atoms. The molecule has 0 radical (unpaired) electrons. The summed E-state index contributed by atoms with van der Waals surface area (Å²) < 4.78 is 5.94. The molecule has 0 bridgehead atoms. The van der Waals surface area contributed by atoms with E-state index in [-0.39, 0.29) is 0 Å². The number of aryl methyl sites for hydroxylation is 2. The molecule has 1 atom stereocenters. The molecule has 3 heteroatoms. The summed E-state index contributed by atoms with van der Waals surface area (Å²) in [6, 6.07) is 7.11. The minimum absolute atomic E-state index is 0.692. The van der Waals surface area contributed by atoms with Gasteiger partial charge in [-0.15, -0.1) is 0 Å². The fourth-order valence-electron chi connectivity index (χ4n) is 3.01. The van der Waals surface area contributed by atoms with Gasteiger partial charge in [-0.3, -0.25) is 4.90 Å². The molecule has 0 amide bonds. The molecular weight excluding hydrogens is 248 g/mol. The van der Waals surface area contributed by atoms with Crippen LogP contribution >= 0.6 is 0 Å². The van der Waals surface area contributed by atoms with Crippen LogP contribution < -0.4 is 10.1 Å². The summed E-state index contributed by atoms with van der Waals surface area (Å²) in [4.78, 5) is 2.57. The highest BCUT2D eigenvalue weighted by Crippen LogP contribution is 2.16. The average Bonchev–Trinajstić information content (AvgIpc) is 2.90. The second-order valence-corrected chi connectivity index (χ2v) is 5.85. The van der Waals surface area contributed by atoms with Crippen molar-refractivity contribution in [1.82, 2.24) is 10.2 Å². The van der Waals surface area contributed by atoms with Crippen LogP contribution in [0.25, 0.3) is 0 Å². The molecule has 112 valence electrons. The minimum Gasteiger partial charge on any atom is -0.492 e. The van der Waals surface area contributed by atoms with Gasteiger partial charge in [0.2, 0.25) is 0 Å². The predicted molar refractivity (Wildman–Crippen MR) is 84.5 cm³/mol. The molecule has 20 heavy (non-hydrogen) atoms. The molecule has 1 saturated heterocycles. The molecule has 0 aliphatic carbocycles. The fourth-order valence-corrected chi connectivity index (χ4v) is 3.01. The lowest BCUT2D eigenvalue weighted by Crippen LogP contribution is -2.40. The van der Waals surface area contributed by atoms with E-state index in [4.69, 9.17) is 4.74 Å². The van der Waals surface area contributed by atoms with Crippen molar-refractivity contribution in [2.75, 3.05) is 32.8 Å². The summed E-state index contributed by atoms with van der Waals surface area (Å²) in [6.07, 6.45) is 2.48. The molecule has 1 fully saturated rings. The summed E-state index contributed by atoms with van der Waals surface area (Å²) in [5, 5.41) is 3.45. The van der Waals surface area contributed by atoms with Gasteiger partial charge in [0, 0.05) is 19.1 Å². The van der Waals surface area contributed by atoms with E-state index < -0.39 is 0 Å². The Bertz CT molecular complexity index is 393. The molecule has 1 unspecified atom stereocenters. The van der Waals surface area contributed by atoms with E-state index in [9.17, 15) is 0 Å². The zero-order chi connectivity index (χ0) is 14.4. The number of hydrogen-bond donors (Lipinski definition) is 1. The van der Waals surface area contributed by atoms with E-state index in [1.807, 2.05) is 0 Å². The highest BCUT2D eigenvalue weighted by molar-refractivity contribution is 5.32. The fraction of sp³-hybridized carbons (Fsp3) is 0.647. The quantitative estimate of drug-likeness (QED) is 0.829. The van der Waals surface area contributed by atoms with Gasteiger partial charge in [-0.05, 0) is 63.0 Å². The number of benzene rings is 1. The first kappa shape index (κ1) is 15.3. The van der Waals surface area contributed by atoms with E-state index in [2.05, 4.69) is 49.2 Å². The zero-order valence-corrected chi connectivity index (χ0v) is 13.1. The Morgan fingerprint density at radius 1 is 1.20 bits per heavy atom. The van der Waals surface area contributed by atoms with Crippen LogP contribution in [0.3, 0.4) is 0 Å². The molecule has 2 rings (SSSR count). The van der Waals surface area contributed by atoms with E-state index in [1.54, 1.807) is 0 Å². The molecular formula is C17H28N2O. The molecule has 1 aliphatic heterocycles. The molecule has 0 saturated carbocycles. The van der Waals surface area contributed by atoms with Crippen molar-refractivity contribution in [3.05, 3.63) is 29.3 Å². The Balaban J connectivity index is 1.82. The van der Waals surface area contributed by atoms with Gasteiger partial charge in [-0.1, -0.05) is 13.0 Å². The minimum atomic E-state index is 0.692. The van der Waals surface area contributed by atoms with Crippen LogP contribution in [0.2, 0.25) is 0 Å². The van der Waals surface area contributed by atoms with Crippen LogP contribution in [0.1, 0.15) is 30.9 Å². The number of hydrogen-bond acceptors (Lipinski definition) is 3. The predicted octanol–water partition coefficient (Wildman–Crippen LogP) is 2.76. The Morgan fingerprint density at radius 2 is 1.95 bits per heavy atom. The number of rotatable bonds is 7. The van der Waals surface area contributed by atoms with Crippen LogP contribution in [0.15, 0.2) is 18.2 Å². The van der Waals surface area contributed by atoms with Crippen molar-refractivity contribution in [2.24, 2.45) is 0 Å². The van der Waals surface area contributed by atoms with Gasteiger partial charge in [0.15, 0.2) is 0 Å². The van der Waals surface area contributed by atoms with Crippen molar-refractivity contribution < 1.29 is 4.74 Å². The van der Waals surface area contributed by atoms with Crippen molar-refractivity contribution >= 4 is 0 Å². The largest absolute Gasteiger partial charge is 0.492 e. The van der Waals surface area contributed by atoms with E-state index >= 15 is 0 Å². The molecule has 1 N–H and O–H groups in total. The van der Waals surface area contributed by atoms with Gasteiger partial charge < -0.3 is 10.1 Å². The summed E-state index contributed by atoms with van der Waals surface area (Å²) in [5.41, 5.74) is 2.54. The van der Waals surface area contributed by atoms with Gasteiger partial charge in [-0.2, -0.15) is 0 Å².